The van der Waals surface area contributed by atoms with Crippen LogP contribution in [0.1, 0.15) is 61.8 Å². The molecule has 0 saturated heterocycles. The molecule has 0 spiro atoms. The van der Waals surface area contributed by atoms with Crippen molar-refractivity contribution in [2.24, 2.45) is 21.8 Å². The van der Waals surface area contributed by atoms with Crippen molar-refractivity contribution in [1.29, 1.82) is 0 Å². The van der Waals surface area contributed by atoms with Gasteiger partial charge in [0.05, 0.1) is 18.5 Å². The third-order valence-corrected chi connectivity index (χ3v) is 4.32. The van der Waals surface area contributed by atoms with Crippen LogP contribution in [-0.4, -0.2) is 35.1 Å². The highest BCUT2D eigenvalue weighted by Gasteiger charge is 2.43. The second kappa shape index (κ2) is 5.29. The average Bonchev–Trinajstić information content (AvgIpc) is 2.75. The van der Waals surface area contributed by atoms with Gasteiger partial charge in [-0.2, -0.15) is 0 Å². The second-order valence-electron chi connectivity index (χ2n) is 8.01. The Hall–Kier alpha value is -1.06. The minimum atomic E-state index is -0.240. The molecule has 21 heavy (non-hydrogen) atoms. The summed E-state index contributed by atoms with van der Waals surface area (Å²) in [7, 11) is 0. The van der Waals surface area contributed by atoms with Crippen LogP contribution in [0.3, 0.4) is 0 Å². The van der Waals surface area contributed by atoms with E-state index in [1.54, 1.807) is 0 Å². The molecule has 2 rings (SSSR count). The van der Waals surface area contributed by atoms with Crippen LogP contribution in [0.25, 0.3) is 0 Å². The van der Waals surface area contributed by atoms with Gasteiger partial charge in [0.1, 0.15) is 11.2 Å². The van der Waals surface area contributed by atoms with Crippen molar-refractivity contribution in [2.45, 2.75) is 85.1 Å². The summed E-state index contributed by atoms with van der Waals surface area (Å²) < 4.78 is 12.1. The zero-order valence-electron chi connectivity index (χ0n) is 14.7. The van der Waals surface area contributed by atoms with E-state index in [0.29, 0.717) is 18.3 Å². The Kier molecular flexibility index (Phi) is 4.11. The first-order valence-electron chi connectivity index (χ1n) is 8.04. The van der Waals surface area contributed by atoms with Crippen molar-refractivity contribution < 1.29 is 9.47 Å². The van der Waals surface area contributed by atoms with E-state index < -0.39 is 0 Å². The van der Waals surface area contributed by atoms with Gasteiger partial charge in [0.2, 0.25) is 0 Å². The lowest BCUT2D eigenvalue weighted by Gasteiger charge is -2.28. The van der Waals surface area contributed by atoms with Gasteiger partial charge in [-0.3, -0.25) is 0 Å². The topological polar surface area (TPSA) is 43.2 Å². The minimum absolute atomic E-state index is 0.198. The molecule has 0 fully saturated rings. The Labute approximate surface area is 129 Å². The Bertz CT molecular complexity index is 419. The van der Waals surface area contributed by atoms with Gasteiger partial charge in [-0.05, 0) is 39.5 Å². The van der Waals surface area contributed by atoms with Crippen LogP contribution in [0.2, 0.25) is 0 Å². The van der Waals surface area contributed by atoms with E-state index in [0.717, 1.165) is 11.8 Å². The maximum absolute atomic E-state index is 6.04. The summed E-state index contributed by atoms with van der Waals surface area (Å²) >= 11 is 0. The normalized spacial score (nSPS) is 30.2. The van der Waals surface area contributed by atoms with E-state index >= 15 is 0 Å². The monoisotopic (exact) mass is 294 g/mol. The van der Waals surface area contributed by atoms with Crippen LogP contribution in [-0.2, 0) is 9.47 Å². The van der Waals surface area contributed by atoms with Crippen LogP contribution in [0.4, 0.5) is 0 Å². The molecule has 0 aromatic carbocycles. The van der Waals surface area contributed by atoms with Crippen LogP contribution in [0, 0.1) is 11.8 Å². The molecule has 0 radical (unpaired) electrons. The molecule has 4 heteroatoms. The summed E-state index contributed by atoms with van der Waals surface area (Å²) in [5, 5.41) is 0. The van der Waals surface area contributed by atoms with E-state index in [4.69, 9.17) is 19.5 Å². The predicted molar refractivity (Wildman–Crippen MR) is 87.1 cm³/mol. The summed E-state index contributed by atoms with van der Waals surface area (Å²) in [6.07, 6.45) is 0.569. The average molecular weight is 294 g/mol. The molecule has 0 unspecified atom stereocenters. The van der Waals surface area contributed by atoms with E-state index in [-0.39, 0.29) is 23.3 Å². The lowest BCUT2D eigenvalue weighted by molar-refractivity contribution is 0.0725. The molecule has 0 aromatic heterocycles. The summed E-state index contributed by atoms with van der Waals surface area (Å²) in [6.45, 7) is 17.2. The third-order valence-electron chi connectivity index (χ3n) is 4.32. The fraction of sp³-hybridized carbons (Fsp3) is 0.882. The van der Waals surface area contributed by atoms with Crippen molar-refractivity contribution in [1.82, 2.24) is 0 Å². The number of hydrogen-bond acceptors (Lipinski definition) is 4. The Morgan fingerprint density at radius 3 is 1.38 bits per heavy atom. The van der Waals surface area contributed by atoms with Crippen molar-refractivity contribution in [2.75, 3.05) is 0 Å². The van der Waals surface area contributed by atoms with Gasteiger partial charge in [0.25, 0.3) is 0 Å². The molecular formula is C17H30N2O2. The SMILES string of the molecule is CC(C)[C@H]1N=C(CC2=N[C@H](C(C)C)C(C)(C)O2)OC1(C)C. The fourth-order valence-corrected chi connectivity index (χ4v) is 3.60. The Balaban J connectivity index is 2.10. The summed E-state index contributed by atoms with van der Waals surface area (Å²) in [6, 6.07) is 0.395. The van der Waals surface area contributed by atoms with Gasteiger partial charge in [-0.1, -0.05) is 27.7 Å². The van der Waals surface area contributed by atoms with Crippen LogP contribution in [0.5, 0.6) is 0 Å². The maximum Gasteiger partial charge on any atom is 0.193 e. The Morgan fingerprint density at radius 2 is 1.14 bits per heavy atom. The number of ether oxygens (including phenoxy) is 2. The van der Waals surface area contributed by atoms with Crippen molar-refractivity contribution in [3.8, 4) is 0 Å². The molecule has 0 N–H and O–H groups in total. The first-order chi connectivity index (χ1) is 9.53. The number of nitrogens with zero attached hydrogens (tertiary/aromatic N) is 2. The molecule has 0 bridgehead atoms. The number of hydrogen-bond donors (Lipinski definition) is 0. The highest BCUT2D eigenvalue weighted by Crippen LogP contribution is 2.34. The lowest BCUT2D eigenvalue weighted by Crippen LogP contribution is -2.37. The molecule has 2 aliphatic heterocycles. The largest absolute Gasteiger partial charge is 0.472 e. The molecular weight excluding hydrogens is 264 g/mol. The van der Waals surface area contributed by atoms with Gasteiger partial charge in [0, 0.05) is 0 Å². The van der Waals surface area contributed by atoms with E-state index in [1.165, 1.54) is 0 Å². The second-order valence-corrected chi connectivity index (χ2v) is 8.01. The molecule has 120 valence electrons. The van der Waals surface area contributed by atoms with E-state index in [2.05, 4.69) is 55.4 Å². The van der Waals surface area contributed by atoms with Crippen molar-refractivity contribution in [3.05, 3.63) is 0 Å². The molecule has 4 nitrogen and oxygen atoms in total. The molecule has 0 amide bonds. The lowest BCUT2D eigenvalue weighted by atomic mass is 9.90. The summed E-state index contributed by atoms with van der Waals surface area (Å²) in [4.78, 5) is 9.51. The zero-order valence-corrected chi connectivity index (χ0v) is 14.7. The molecule has 0 aromatic rings. The van der Waals surface area contributed by atoms with E-state index in [1.807, 2.05) is 0 Å². The molecule has 0 saturated carbocycles. The highest BCUT2D eigenvalue weighted by atomic mass is 16.5. The predicted octanol–water partition coefficient (Wildman–Crippen LogP) is 3.84. The van der Waals surface area contributed by atoms with Crippen molar-refractivity contribution in [3.63, 3.8) is 0 Å². The first-order valence-corrected chi connectivity index (χ1v) is 8.04. The highest BCUT2D eigenvalue weighted by molar-refractivity contribution is 5.98. The smallest absolute Gasteiger partial charge is 0.193 e. The van der Waals surface area contributed by atoms with Crippen LogP contribution in [0.15, 0.2) is 9.98 Å². The zero-order chi connectivity index (χ0) is 16.0. The Morgan fingerprint density at radius 1 is 0.810 bits per heavy atom. The van der Waals surface area contributed by atoms with Crippen molar-refractivity contribution >= 4 is 11.8 Å². The van der Waals surface area contributed by atoms with Gasteiger partial charge in [0.15, 0.2) is 11.8 Å². The molecule has 2 atom stereocenters. The minimum Gasteiger partial charge on any atom is -0.472 e. The van der Waals surface area contributed by atoms with Crippen LogP contribution < -0.4 is 0 Å². The quantitative estimate of drug-likeness (QED) is 0.790. The summed E-state index contributed by atoms with van der Waals surface area (Å²) in [5.41, 5.74) is -0.481. The van der Waals surface area contributed by atoms with Gasteiger partial charge >= 0.3 is 0 Å². The van der Waals surface area contributed by atoms with Gasteiger partial charge < -0.3 is 9.47 Å². The van der Waals surface area contributed by atoms with Gasteiger partial charge in [-0.25, -0.2) is 9.98 Å². The first kappa shape index (κ1) is 16.3. The molecule has 0 aliphatic carbocycles. The standard InChI is InChI=1S/C17H30N2O2/c1-10(2)14-16(5,6)20-12(18-14)9-13-19-15(11(3)4)17(7,8)21-13/h10-11,14-15H,9H2,1-8H3/t14-,15-/m1/s1. The fourth-order valence-electron chi connectivity index (χ4n) is 3.60. The molecule has 2 aliphatic rings. The van der Waals surface area contributed by atoms with Crippen LogP contribution >= 0.6 is 0 Å². The maximum atomic E-state index is 6.04. The number of aliphatic imine (C=N–C) groups is 2. The third kappa shape index (κ3) is 3.24. The van der Waals surface area contributed by atoms with Gasteiger partial charge in [-0.15, -0.1) is 0 Å². The van der Waals surface area contributed by atoms with E-state index in [9.17, 15) is 0 Å². The summed E-state index contributed by atoms with van der Waals surface area (Å²) in [5.74, 6) is 2.45. The number of rotatable bonds is 4. The molecule has 2 heterocycles.